The standard InChI is InChI=1S/C14H20FN.ClH/c1-14(2,16-9-3-4-10-16)11-12-5-7-13(15)8-6-12;/h5-8H,3-4,9-11H2,1-2H3;1H. The molecule has 0 aliphatic carbocycles. The molecule has 0 bridgehead atoms. The molecule has 0 saturated carbocycles. The van der Waals surface area contributed by atoms with Crippen LogP contribution in [0.1, 0.15) is 32.3 Å². The molecule has 1 saturated heterocycles. The van der Waals surface area contributed by atoms with Crippen LogP contribution in [0.3, 0.4) is 0 Å². The van der Waals surface area contributed by atoms with Gasteiger partial charge in [-0.25, -0.2) is 4.39 Å². The fraction of sp³-hybridized carbons (Fsp3) is 0.571. The Hall–Kier alpha value is -0.600. The van der Waals surface area contributed by atoms with Crippen LogP contribution < -0.4 is 0 Å². The topological polar surface area (TPSA) is 3.24 Å². The maximum Gasteiger partial charge on any atom is 0.123 e. The van der Waals surface area contributed by atoms with Crippen molar-refractivity contribution in [3.63, 3.8) is 0 Å². The Labute approximate surface area is 109 Å². The van der Waals surface area contributed by atoms with Crippen molar-refractivity contribution in [1.82, 2.24) is 4.90 Å². The minimum absolute atomic E-state index is 0. The summed E-state index contributed by atoms with van der Waals surface area (Å²) in [6.07, 6.45) is 3.62. The van der Waals surface area contributed by atoms with Gasteiger partial charge in [0.05, 0.1) is 0 Å². The summed E-state index contributed by atoms with van der Waals surface area (Å²) < 4.78 is 12.8. The van der Waals surface area contributed by atoms with Crippen LogP contribution >= 0.6 is 12.4 Å². The van der Waals surface area contributed by atoms with Crippen molar-refractivity contribution < 1.29 is 4.39 Å². The molecule has 1 aliphatic rings. The fourth-order valence-corrected chi connectivity index (χ4v) is 2.54. The van der Waals surface area contributed by atoms with Gasteiger partial charge in [0, 0.05) is 5.54 Å². The molecule has 0 unspecified atom stereocenters. The lowest BCUT2D eigenvalue weighted by Crippen LogP contribution is -2.43. The van der Waals surface area contributed by atoms with Crippen LogP contribution in [0.4, 0.5) is 4.39 Å². The summed E-state index contributed by atoms with van der Waals surface area (Å²) >= 11 is 0. The minimum atomic E-state index is -0.150. The van der Waals surface area contributed by atoms with Gasteiger partial charge in [-0.3, -0.25) is 4.90 Å². The van der Waals surface area contributed by atoms with Crippen molar-refractivity contribution >= 4 is 12.4 Å². The molecule has 2 rings (SSSR count). The van der Waals surface area contributed by atoms with Crippen molar-refractivity contribution in [2.45, 2.75) is 38.6 Å². The predicted octanol–water partition coefficient (Wildman–Crippen LogP) is 3.66. The molecule has 96 valence electrons. The van der Waals surface area contributed by atoms with E-state index >= 15 is 0 Å². The number of hydrogen-bond acceptors (Lipinski definition) is 1. The number of rotatable bonds is 3. The Morgan fingerprint density at radius 3 is 2.18 bits per heavy atom. The van der Waals surface area contributed by atoms with Gasteiger partial charge in [0.25, 0.3) is 0 Å². The van der Waals surface area contributed by atoms with E-state index in [2.05, 4.69) is 18.7 Å². The summed E-state index contributed by atoms with van der Waals surface area (Å²) in [5.74, 6) is -0.150. The van der Waals surface area contributed by atoms with Crippen LogP contribution in [-0.4, -0.2) is 23.5 Å². The highest BCUT2D eigenvalue weighted by Gasteiger charge is 2.28. The lowest BCUT2D eigenvalue weighted by Gasteiger charge is -2.35. The van der Waals surface area contributed by atoms with Crippen molar-refractivity contribution in [3.8, 4) is 0 Å². The third kappa shape index (κ3) is 3.68. The molecule has 3 heteroatoms. The number of hydrogen-bond donors (Lipinski definition) is 0. The molecule has 1 aromatic rings. The van der Waals surface area contributed by atoms with E-state index in [0.29, 0.717) is 0 Å². The third-order valence-corrected chi connectivity index (χ3v) is 3.51. The molecule has 1 aromatic carbocycles. The molecule has 0 amide bonds. The molecule has 1 heterocycles. The van der Waals surface area contributed by atoms with Crippen molar-refractivity contribution in [3.05, 3.63) is 35.6 Å². The zero-order valence-electron chi connectivity index (χ0n) is 10.6. The summed E-state index contributed by atoms with van der Waals surface area (Å²) in [4.78, 5) is 2.54. The van der Waals surface area contributed by atoms with Crippen molar-refractivity contribution in [2.24, 2.45) is 0 Å². The second-order valence-corrected chi connectivity index (χ2v) is 5.31. The predicted molar refractivity (Wildman–Crippen MR) is 72.2 cm³/mol. The molecule has 0 atom stereocenters. The van der Waals surface area contributed by atoms with Crippen molar-refractivity contribution in [2.75, 3.05) is 13.1 Å². The number of nitrogens with zero attached hydrogens (tertiary/aromatic N) is 1. The van der Waals surface area contributed by atoms with E-state index in [1.807, 2.05) is 12.1 Å². The normalized spacial score (nSPS) is 16.9. The molecular formula is C14H21ClFN. The van der Waals surface area contributed by atoms with Crippen LogP contribution in [0.15, 0.2) is 24.3 Å². The molecule has 0 radical (unpaired) electrons. The fourth-order valence-electron chi connectivity index (χ4n) is 2.54. The highest BCUT2D eigenvalue weighted by atomic mass is 35.5. The lowest BCUT2D eigenvalue weighted by molar-refractivity contribution is 0.154. The van der Waals surface area contributed by atoms with Gasteiger partial charge < -0.3 is 0 Å². The van der Waals surface area contributed by atoms with Crippen LogP contribution in [0.2, 0.25) is 0 Å². The van der Waals surface area contributed by atoms with Crippen LogP contribution in [0.5, 0.6) is 0 Å². The van der Waals surface area contributed by atoms with Gasteiger partial charge in [-0.05, 0) is 63.9 Å². The first-order valence-electron chi connectivity index (χ1n) is 6.07. The molecule has 0 aromatic heterocycles. The Bertz CT molecular complexity index is 342. The molecule has 1 nitrogen and oxygen atoms in total. The third-order valence-electron chi connectivity index (χ3n) is 3.51. The summed E-state index contributed by atoms with van der Waals surface area (Å²) in [6.45, 7) is 6.96. The van der Waals surface area contributed by atoms with Gasteiger partial charge in [0.2, 0.25) is 0 Å². The SMILES string of the molecule is CC(C)(Cc1ccc(F)cc1)N1CCCC1.Cl. The average molecular weight is 258 g/mol. The monoisotopic (exact) mass is 257 g/mol. The van der Waals surface area contributed by atoms with E-state index in [0.717, 1.165) is 6.42 Å². The van der Waals surface area contributed by atoms with Gasteiger partial charge in [-0.15, -0.1) is 12.4 Å². The first-order valence-corrected chi connectivity index (χ1v) is 6.07. The van der Waals surface area contributed by atoms with Crippen molar-refractivity contribution in [1.29, 1.82) is 0 Å². The second kappa shape index (κ2) is 5.83. The largest absolute Gasteiger partial charge is 0.298 e. The zero-order valence-corrected chi connectivity index (χ0v) is 11.4. The summed E-state index contributed by atoms with van der Waals surface area (Å²) in [5.41, 5.74) is 1.41. The van der Waals surface area contributed by atoms with Gasteiger partial charge in [0.15, 0.2) is 0 Å². The maximum absolute atomic E-state index is 12.8. The van der Waals surface area contributed by atoms with Crippen LogP contribution in [0.25, 0.3) is 0 Å². The average Bonchev–Trinajstić information content (AvgIpc) is 2.75. The molecule has 0 spiro atoms. The van der Waals surface area contributed by atoms with Gasteiger partial charge in [-0.2, -0.15) is 0 Å². The Balaban J connectivity index is 0.00000144. The van der Waals surface area contributed by atoms with Gasteiger partial charge in [-0.1, -0.05) is 12.1 Å². The smallest absolute Gasteiger partial charge is 0.123 e. The van der Waals surface area contributed by atoms with Gasteiger partial charge >= 0.3 is 0 Å². The first-order chi connectivity index (χ1) is 7.58. The van der Waals surface area contributed by atoms with E-state index in [1.165, 1.54) is 31.5 Å². The number of halogens is 2. The first kappa shape index (κ1) is 14.5. The van der Waals surface area contributed by atoms with E-state index in [4.69, 9.17) is 0 Å². The number of likely N-dealkylation sites (tertiary alicyclic amines) is 1. The van der Waals surface area contributed by atoms with Gasteiger partial charge in [0.1, 0.15) is 5.82 Å². The van der Waals surface area contributed by atoms with E-state index in [1.54, 1.807) is 12.1 Å². The highest BCUT2D eigenvalue weighted by Crippen LogP contribution is 2.24. The summed E-state index contributed by atoms with van der Waals surface area (Å²) in [7, 11) is 0. The van der Waals surface area contributed by atoms with E-state index in [9.17, 15) is 4.39 Å². The zero-order chi connectivity index (χ0) is 11.6. The minimum Gasteiger partial charge on any atom is -0.298 e. The molecular weight excluding hydrogens is 237 g/mol. The Kier molecular flexibility index (Phi) is 4.96. The summed E-state index contributed by atoms with van der Waals surface area (Å²) in [6, 6.07) is 6.89. The number of benzene rings is 1. The summed E-state index contributed by atoms with van der Waals surface area (Å²) in [5, 5.41) is 0. The second-order valence-electron chi connectivity index (χ2n) is 5.31. The van der Waals surface area contributed by atoms with Crippen LogP contribution in [-0.2, 0) is 6.42 Å². The van der Waals surface area contributed by atoms with E-state index < -0.39 is 0 Å². The maximum atomic E-state index is 12.8. The highest BCUT2D eigenvalue weighted by molar-refractivity contribution is 5.85. The molecule has 0 N–H and O–H groups in total. The van der Waals surface area contributed by atoms with Crippen LogP contribution in [0, 0.1) is 5.82 Å². The molecule has 1 fully saturated rings. The quantitative estimate of drug-likeness (QED) is 0.799. The Morgan fingerprint density at radius 2 is 1.65 bits per heavy atom. The Morgan fingerprint density at radius 1 is 1.12 bits per heavy atom. The molecule has 17 heavy (non-hydrogen) atoms. The molecule has 1 aliphatic heterocycles. The lowest BCUT2D eigenvalue weighted by atomic mass is 9.93. The van der Waals surface area contributed by atoms with E-state index in [-0.39, 0.29) is 23.8 Å².